The van der Waals surface area contributed by atoms with Crippen LogP contribution in [0.3, 0.4) is 0 Å². The fraction of sp³-hybridized carbons (Fsp3) is 0.103. The van der Waals surface area contributed by atoms with Crippen molar-refractivity contribution in [2.24, 2.45) is 0 Å². The fourth-order valence-corrected chi connectivity index (χ4v) is 4.30. The number of hydrogen-bond acceptors (Lipinski definition) is 6. The van der Waals surface area contributed by atoms with Gasteiger partial charge in [-0.25, -0.2) is 4.79 Å². The van der Waals surface area contributed by atoms with Crippen molar-refractivity contribution in [2.45, 2.75) is 20.0 Å². The van der Waals surface area contributed by atoms with E-state index >= 15 is 0 Å². The first kappa shape index (κ1) is 23.7. The lowest BCUT2D eigenvalue weighted by Crippen LogP contribution is -2.26. The van der Waals surface area contributed by atoms with Crippen molar-refractivity contribution >= 4 is 45.0 Å². The van der Waals surface area contributed by atoms with E-state index in [1.807, 2.05) is 36.4 Å². The summed E-state index contributed by atoms with van der Waals surface area (Å²) in [5.41, 5.74) is 1.96. The van der Waals surface area contributed by atoms with Crippen LogP contribution in [0.2, 0.25) is 0 Å². The number of rotatable bonds is 6. The van der Waals surface area contributed by atoms with Gasteiger partial charge in [-0.05, 0) is 30.9 Å². The van der Waals surface area contributed by atoms with Gasteiger partial charge >= 0.3 is 5.97 Å². The molecule has 37 heavy (non-hydrogen) atoms. The minimum absolute atomic E-state index is 0.00367. The Morgan fingerprint density at radius 1 is 0.919 bits per heavy atom. The van der Waals surface area contributed by atoms with Gasteiger partial charge in [0.1, 0.15) is 11.3 Å². The molecule has 1 N–H and O–H groups in total. The molecule has 4 aromatic carbocycles. The van der Waals surface area contributed by atoms with Crippen molar-refractivity contribution in [1.82, 2.24) is 0 Å². The van der Waals surface area contributed by atoms with Crippen LogP contribution in [0, 0.1) is 24.0 Å². The summed E-state index contributed by atoms with van der Waals surface area (Å²) in [5.74, 6) is -1.56. The zero-order valence-electron chi connectivity index (χ0n) is 20.1. The molecule has 1 atom stereocenters. The molecule has 0 saturated carbocycles. The molecule has 0 aliphatic heterocycles. The lowest BCUT2D eigenvalue weighted by molar-refractivity contribution is -0.384. The number of carbonyl (C=O) groups excluding carboxylic acids is 2. The van der Waals surface area contributed by atoms with Crippen LogP contribution in [0.15, 0.2) is 89.3 Å². The zero-order valence-corrected chi connectivity index (χ0v) is 20.1. The molecule has 1 aromatic heterocycles. The van der Waals surface area contributed by atoms with Gasteiger partial charge in [0.25, 0.3) is 11.6 Å². The van der Waals surface area contributed by atoms with Gasteiger partial charge < -0.3 is 14.5 Å². The van der Waals surface area contributed by atoms with E-state index in [0.29, 0.717) is 22.3 Å². The number of nitro groups is 1. The van der Waals surface area contributed by atoms with Gasteiger partial charge in [0, 0.05) is 28.0 Å². The second kappa shape index (κ2) is 9.58. The largest absolute Gasteiger partial charge is 0.448 e. The highest BCUT2D eigenvalue weighted by molar-refractivity contribution is 6.08. The Balaban J connectivity index is 1.50. The maximum Gasteiger partial charge on any atom is 0.375 e. The summed E-state index contributed by atoms with van der Waals surface area (Å²) in [4.78, 5) is 37.6. The zero-order chi connectivity index (χ0) is 26.1. The van der Waals surface area contributed by atoms with Gasteiger partial charge in [-0.2, -0.15) is 0 Å². The van der Waals surface area contributed by atoms with Crippen molar-refractivity contribution in [3.8, 4) is 0 Å². The molecule has 0 fully saturated rings. The van der Waals surface area contributed by atoms with Crippen LogP contribution < -0.4 is 5.32 Å². The Kier molecular flexibility index (Phi) is 6.15. The predicted octanol–water partition coefficient (Wildman–Crippen LogP) is 6.65. The first-order valence-corrected chi connectivity index (χ1v) is 11.6. The Labute approximate surface area is 211 Å². The molecule has 0 aliphatic carbocycles. The number of nitrogens with one attached hydrogen (secondary N) is 1. The third-order valence-electron chi connectivity index (χ3n) is 6.19. The average molecular weight is 495 g/mol. The number of fused-ring (bicyclic) bond motifs is 3. The average Bonchev–Trinajstić information content (AvgIpc) is 3.25. The summed E-state index contributed by atoms with van der Waals surface area (Å²) in [6, 6.07) is 24.4. The minimum atomic E-state index is -1.38. The molecular formula is C29H22N2O6. The monoisotopic (exact) mass is 494 g/mol. The molecule has 8 heteroatoms. The fourth-order valence-electron chi connectivity index (χ4n) is 4.30. The third-order valence-corrected chi connectivity index (χ3v) is 6.19. The van der Waals surface area contributed by atoms with Crippen LogP contribution in [0.25, 0.3) is 21.7 Å². The highest BCUT2D eigenvalue weighted by atomic mass is 16.6. The standard InChI is InChI=1S/C29H22N2O6/c1-17-12-15-23(24(16-17)31(34)35)30-28(32)26(20-9-4-3-5-10-20)37-29(33)25-18(2)21-14-13-19-8-6-7-11-22(19)27(21)36-25/h3-16,26H,1-2H3,(H,30,32). The number of nitro benzene ring substituents is 1. The summed E-state index contributed by atoms with van der Waals surface area (Å²) in [7, 11) is 0. The van der Waals surface area contributed by atoms with Crippen LogP contribution in [-0.4, -0.2) is 16.8 Å². The molecule has 8 nitrogen and oxygen atoms in total. The van der Waals surface area contributed by atoms with Gasteiger partial charge in [0.15, 0.2) is 0 Å². The first-order chi connectivity index (χ1) is 17.8. The van der Waals surface area contributed by atoms with Gasteiger partial charge in [-0.3, -0.25) is 14.9 Å². The molecule has 0 bridgehead atoms. The lowest BCUT2D eigenvalue weighted by atomic mass is 10.1. The van der Waals surface area contributed by atoms with Gasteiger partial charge in [0.05, 0.1) is 4.92 Å². The number of amides is 1. The number of nitrogens with zero attached hydrogens (tertiary/aromatic N) is 1. The first-order valence-electron chi connectivity index (χ1n) is 11.6. The summed E-state index contributed by atoms with van der Waals surface area (Å²) >= 11 is 0. The van der Waals surface area contributed by atoms with Gasteiger partial charge in [0.2, 0.25) is 11.9 Å². The van der Waals surface area contributed by atoms with E-state index in [1.165, 1.54) is 12.1 Å². The quantitative estimate of drug-likeness (QED) is 0.161. The highest BCUT2D eigenvalue weighted by Crippen LogP contribution is 2.33. The number of aryl methyl sites for hydroxylation is 2. The molecule has 0 radical (unpaired) electrons. The number of ether oxygens (including phenoxy) is 1. The SMILES string of the molecule is Cc1ccc(NC(=O)C(OC(=O)c2oc3c(ccc4ccccc43)c2C)c2ccccc2)c([N+](=O)[O-])c1. The van der Waals surface area contributed by atoms with E-state index in [-0.39, 0.29) is 17.1 Å². The second-order valence-corrected chi connectivity index (χ2v) is 8.68. The van der Waals surface area contributed by atoms with E-state index in [1.54, 1.807) is 50.2 Å². The highest BCUT2D eigenvalue weighted by Gasteiger charge is 2.30. The number of benzene rings is 4. The van der Waals surface area contributed by atoms with Crippen molar-refractivity contribution in [3.05, 3.63) is 117 Å². The van der Waals surface area contributed by atoms with Crippen LogP contribution in [0.4, 0.5) is 11.4 Å². The molecule has 1 amide bonds. The maximum atomic E-state index is 13.3. The van der Waals surface area contributed by atoms with Gasteiger partial charge in [-0.1, -0.05) is 72.8 Å². The number of hydrogen-bond donors (Lipinski definition) is 1. The van der Waals surface area contributed by atoms with Crippen LogP contribution >= 0.6 is 0 Å². The maximum absolute atomic E-state index is 13.3. The molecule has 184 valence electrons. The number of esters is 1. The van der Waals surface area contributed by atoms with E-state index in [4.69, 9.17) is 9.15 Å². The van der Waals surface area contributed by atoms with Crippen molar-refractivity contribution in [2.75, 3.05) is 5.32 Å². The van der Waals surface area contributed by atoms with E-state index < -0.39 is 22.9 Å². The predicted molar refractivity (Wildman–Crippen MR) is 140 cm³/mol. The molecule has 0 saturated heterocycles. The Morgan fingerprint density at radius 3 is 2.41 bits per heavy atom. The van der Waals surface area contributed by atoms with Crippen molar-refractivity contribution in [3.63, 3.8) is 0 Å². The number of furan rings is 1. The summed E-state index contributed by atoms with van der Waals surface area (Å²) in [5, 5.41) is 16.7. The Hall–Kier alpha value is -4.98. The molecule has 0 aliphatic rings. The summed E-state index contributed by atoms with van der Waals surface area (Å²) < 4.78 is 11.7. The molecule has 1 unspecified atom stereocenters. The van der Waals surface area contributed by atoms with E-state index in [2.05, 4.69) is 5.32 Å². The number of carbonyl (C=O) groups is 2. The molecule has 5 aromatic rings. The third kappa shape index (κ3) is 4.52. The van der Waals surface area contributed by atoms with E-state index in [9.17, 15) is 19.7 Å². The van der Waals surface area contributed by atoms with E-state index in [0.717, 1.165) is 16.2 Å². The smallest absolute Gasteiger partial charge is 0.375 e. The molecule has 5 rings (SSSR count). The topological polar surface area (TPSA) is 112 Å². The normalized spacial score (nSPS) is 11.8. The van der Waals surface area contributed by atoms with Crippen LogP contribution in [0.1, 0.15) is 33.3 Å². The van der Waals surface area contributed by atoms with Crippen LogP contribution in [0.5, 0.6) is 0 Å². The summed E-state index contributed by atoms with van der Waals surface area (Å²) in [6.45, 7) is 3.47. The number of anilines is 1. The Bertz CT molecular complexity index is 1670. The minimum Gasteiger partial charge on any atom is -0.448 e. The van der Waals surface area contributed by atoms with Crippen molar-refractivity contribution < 1.29 is 23.7 Å². The second-order valence-electron chi connectivity index (χ2n) is 8.68. The molecule has 0 spiro atoms. The molecule has 1 heterocycles. The van der Waals surface area contributed by atoms with Crippen LogP contribution in [-0.2, 0) is 9.53 Å². The molecular weight excluding hydrogens is 472 g/mol. The Morgan fingerprint density at radius 2 is 1.65 bits per heavy atom. The summed E-state index contributed by atoms with van der Waals surface area (Å²) in [6.07, 6.45) is -1.38. The van der Waals surface area contributed by atoms with Crippen molar-refractivity contribution in [1.29, 1.82) is 0 Å². The lowest BCUT2D eigenvalue weighted by Gasteiger charge is -2.18. The van der Waals surface area contributed by atoms with Gasteiger partial charge in [-0.15, -0.1) is 0 Å².